The second-order valence-corrected chi connectivity index (χ2v) is 5.77. The van der Waals surface area contributed by atoms with Crippen LogP contribution in [0.15, 0.2) is 0 Å². The first-order chi connectivity index (χ1) is 8.41. The molecule has 1 unspecified atom stereocenters. The van der Waals surface area contributed by atoms with E-state index in [2.05, 4.69) is 5.32 Å². The number of hydrogen-bond acceptors (Lipinski definition) is 4. The summed E-state index contributed by atoms with van der Waals surface area (Å²) < 4.78 is 5.34. The lowest BCUT2D eigenvalue weighted by Gasteiger charge is -2.10. The minimum Gasteiger partial charge on any atom is -0.481 e. The van der Waals surface area contributed by atoms with E-state index in [1.807, 2.05) is 20.8 Å². The maximum absolute atomic E-state index is 11.4. The van der Waals surface area contributed by atoms with Gasteiger partial charge in [0, 0.05) is 18.4 Å². The van der Waals surface area contributed by atoms with E-state index in [9.17, 15) is 9.59 Å². The average Bonchev–Trinajstić information content (AvgIpc) is 2.24. The number of rotatable bonds is 10. The molecule has 0 aliphatic rings. The van der Waals surface area contributed by atoms with Crippen LogP contribution in [0.4, 0.5) is 0 Å². The van der Waals surface area contributed by atoms with Crippen molar-refractivity contribution in [2.24, 2.45) is 0 Å². The van der Waals surface area contributed by atoms with Gasteiger partial charge in [0.1, 0.15) is 0 Å². The summed E-state index contributed by atoms with van der Waals surface area (Å²) in [5.41, 5.74) is 0. The van der Waals surface area contributed by atoms with Gasteiger partial charge in [0.15, 0.2) is 0 Å². The fourth-order valence-electron chi connectivity index (χ4n) is 1.19. The van der Waals surface area contributed by atoms with Gasteiger partial charge in [-0.05, 0) is 20.3 Å². The molecular weight excluding hydrogens is 254 g/mol. The Labute approximate surface area is 113 Å². The number of nitrogens with one attached hydrogen (secondary N) is 1. The average molecular weight is 277 g/mol. The number of thioether (sulfide) groups is 1. The molecule has 0 spiro atoms. The topological polar surface area (TPSA) is 75.6 Å². The molecule has 0 aliphatic carbocycles. The van der Waals surface area contributed by atoms with Crippen molar-refractivity contribution in [2.45, 2.75) is 45.0 Å². The maximum Gasteiger partial charge on any atom is 0.304 e. The van der Waals surface area contributed by atoms with E-state index in [1.165, 1.54) is 11.8 Å². The Hall–Kier alpha value is -0.750. The van der Waals surface area contributed by atoms with Gasteiger partial charge in [-0.1, -0.05) is 6.92 Å². The molecule has 1 atom stereocenters. The Bertz CT molecular complexity index is 258. The summed E-state index contributed by atoms with van der Waals surface area (Å²) in [6, 6.07) is 0. The molecule has 0 aliphatic heterocycles. The van der Waals surface area contributed by atoms with E-state index in [0.717, 1.165) is 6.42 Å². The molecule has 0 aromatic heterocycles. The molecular formula is C12H23NO4S. The standard InChI is InChI=1S/C12H23NO4S/c1-9(2)17-6-4-5-13-11(14)8-18-10(3)7-12(15)16/h9-10H,4-8H2,1-3H3,(H,13,14)(H,15,16). The number of hydrogen-bond donors (Lipinski definition) is 2. The van der Waals surface area contributed by atoms with Gasteiger partial charge in [0.05, 0.1) is 18.3 Å². The van der Waals surface area contributed by atoms with E-state index >= 15 is 0 Å². The monoisotopic (exact) mass is 277 g/mol. The summed E-state index contributed by atoms with van der Waals surface area (Å²) in [6.07, 6.45) is 1.09. The van der Waals surface area contributed by atoms with Crippen molar-refractivity contribution in [1.82, 2.24) is 5.32 Å². The van der Waals surface area contributed by atoms with Crippen LogP contribution in [0.25, 0.3) is 0 Å². The summed E-state index contributed by atoms with van der Waals surface area (Å²) in [4.78, 5) is 21.8. The highest BCUT2D eigenvalue weighted by molar-refractivity contribution is 8.00. The molecule has 6 heteroatoms. The van der Waals surface area contributed by atoms with Gasteiger partial charge in [-0.3, -0.25) is 9.59 Å². The van der Waals surface area contributed by atoms with Gasteiger partial charge in [-0.2, -0.15) is 0 Å². The zero-order chi connectivity index (χ0) is 14.0. The van der Waals surface area contributed by atoms with Crippen molar-refractivity contribution in [2.75, 3.05) is 18.9 Å². The third-order valence-electron chi connectivity index (χ3n) is 2.06. The Balaban J connectivity index is 3.45. The zero-order valence-electron chi connectivity index (χ0n) is 11.3. The normalized spacial score (nSPS) is 12.4. The van der Waals surface area contributed by atoms with Gasteiger partial charge in [-0.15, -0.1) is 11.8 Å². The quantitative estimate of drug-likeness (QED) is 0.592. The Morgan fingerprint density at radius 1 is 1.33 bits per heavy atom. The van der Waals surface area contributed by atoms with E-state index in [4.69, 9.17) is 9.84 Å². The second kappa shape index (κ2) is 10.2. The molecule has 18 heavy (non-hydrogen) atoms. The van der Waals surface area contributed by atoms with Crippen molar-refractivity contribution in [3.05, 3.63) is 0 Å². The first kappa shape index (κ1) is 17.2. The van der Waals surface area contributed by atoms with Crippen LogP contribution in [0, 0.1) is 0 Å². The van der Waals surface area contributed by atoms with Gasteiger partial charge < -0.3 is 15.2 Å². The van der Waals surface area contributed by atoms with Crippen LogP contribution < -0.4 is 5.32 Å². The number of carboxylic acids is 1. The molecule has 0 bridgehead atoms. The fourth-order valence-corrected chi connectivity index (χ4v) is 1.99. The Morgan fingerprint density at radius 3 is 2.56 bits per heavy atom. The van der Waals surface area contributed by atoms with Crippen LogP contribution >= 0.6 is 11.8 Å². The van der Waals surface area contributed by atoms with Crippen molar-refractivity contribution in [3.8, 4) is 0 Å². The van der Waals surface area contributed by atoms with Crippen molar-refractivity contribution in [1.29, 1.82) is 0 Å². The molecule has 1 amide bonds. The molecule has 5 nitrogen and oxygen atoms in total. The summed E-state index contributed by atoms with van der Waals surface area (Å²) in [5, 5.41) is 11.3. The molecule has 106 valence electrons. The SMILES string of the molecule is CC(C)OCCCNC(=O)CSC(C)CC(=O)O. The highest BCUT2D eigenvalue weighted by Crippen LogP contribution is 2.13. The minimum atomic E-state index is -0.832. The first-order valence-electron chi connectivity index (χ1n) is 6.13. The third-order valence-corrected chi connectivity index (χ3v) is 3.22. The van der Waals surface area contributed by atoms with Gasteiger partial charge in [0.2, 0.25) is 5.91 Å². The first-order valence-corrected chi connectivity index (χ1v) is 7.18. The molecule has 0 fully saturated rings. The summed E-state index contributed by atoms with van der Waals surface area (Å²) in [5.74, 6) is -0.581. The molecule has 0 heterocycles. The lowest BCUT2D eigenvalue weighted by molar-refractivity contribution is -0.136. The Kier molecular flexibility index (Phi) is 9.77. The van der Waals surface area contributed by atoms with Crippen LogP contribution in [-0.4, -0.2) is 47.2 Å². The number of aliphatic carboxylic acids is 1. The number of ether oxygens (including phenoxy) is 1. The molecule has 2 N–H and O–H groups in total. The molecule has 0 saturated carbocycles. The number of carbonyl (C=O) groups is 2. The van der Waals surface area contributed by atoms with Crippen LogP contribution in [0.1, 0.15) is 33.6 Å². The minimum absolute atomic E-state index is 0.0440. The number of carbonyl (C=O) groups excluding carboxylic acids is 1. The number of amides is 1. The highest BCUT2D eigenvalue weighted by Gasteiger charge is 2.10. The Morgan fingerprint density at radius 2 is 2.00 bits per heavy atom. The van der Waals surface area contributed by atoms with Gasteiger partial charge in [-0.25, -0.2) is 0 Å². The smallest absolute Gasteiger partial charge is 0.304 e. The third kappa shape index (κ3) is 11.7. The van der Waals surface area contributed by atoms with E-state index < -0.39 is 5.97 Å². The maximum atomic E-state index is 11.4. The van der Waals surface area contributed by atoms with Crippen LogP contribution in [0.5, 0.6) is 0 Å². The van der Waals surface area contributed by atoms with Crippen LogP contribution in [-0.2, 0) is 14.3 Å². The van der Waals surface area contributed by atoms with Gasteiger partial charge in [0.25, 0.3) is 0 Å². The highest BCUT2D eigenvalue weighted by atomic mass is 32.2. The molecule has 0 saturated heterocycles. The van der Waals surface area contributed by atoms with Crippen molar-refractivity contribution in [3.63, 3.8) is 0 Å². The fraction of sp³-hybridized carbons (Fsp3) is 0.833. The van der Waals surface area contributed by atoms with Crippen molar-refractivity contribution < 1.29 is 19.4 Å². The van der Waals surface area contributed by atoms with Crippen molar-refractivity contribution >= 4 is 23.6 Å². The molecule has 0 rings (SSSR count). The lowest BCUT2D eigenvalue weighted by atomic mass is 10.3. The number of carboxylic acid groups (broad SMARTS) is 1. The summed E-state index contributed by atoms with van der Waals surface area (Å²) >= 11 is 1.36. The predicted octanol–water partition coefficient (Wildman–Crippen LogP) is 1.51. The van der Waals surface area contributed by atoms with E-state index in [1.54, 1.807) is 0 Å². The van der Waals surface area contributed by atoms with Crippen LogP contribution in [0.2, 0.25) is 0 Å². The predicted molar refractivity (Wildman–Crippen MR) is 72.9 cm³/mol. The molecule has 0 radical (unpaired) electrons. The molecule has 0 aromatic carbocycles. The largest absolute Gasteiger partial charge is 0.481 e. The van der Waals surface area contributed by atoms with E-state index in [0.29, 0.717) is 18.9 Å². The van der Waals surface area contributed by atoms with Gasteiger partial charge >= 0.3 is 5.97 Å². The zero-order valence-corrected chi connectivity index (χ0v) is 12.1. The summed E-state index contributed by atoms with van der Waals surface area (Å²) in [7, 11) is 0. The molecule has 0 aromatic rings. The summed E-state index contributed by atoms with van der Waals surface area (Å²) in [6.45, 7) is 6.99. The second-order valence-electron chi connectivity index (χ2n) is 4.34. The lowest BCUT2D eigenvalue weighted by Crippen LogP contribution is -2.28. The van der Waals surface area contributed by atoms with Crippen LogP contribution in [0.3, 0.4) is 0 Å². The van der Waals surface area contributed by atoms with E-state index in [-0.39, 0.29) is 23.7 Å².